The lowest BCUT2D eigenvalue weighted by molar-refractivity contribution is -0.117. The summed E-state index contributed by atoms with van der Waals surface area (Å²) in [7, 11) is 0. The Kier molecular flexibility index (Phi) is 3.62. The molecule has 1 aromatic heterocycles. The summed E-state index contributed by atoms with van der Waals surface area (Å²) >= 11 is 0. The predicted octanol–water partition coefficient (Wildman–Crippen LogP) is 3.71. The fourth-order valence-corrected chi connectivity index (χ4v) is 2.17. The molecular formula is C15H19NO. The minimum atomic E-state index is 0.290. The van der Waals surface area contributed by atoms with E-state index < -0.39 is 0 Å². The number of aryl methyl sites for hydroxylation is 2. The molecule has 90 valence electrons. The molecule has 0 atom stereocenters. The number of nitrogens with zero attached hydrogens (tertiary/aromatic N) is 1. The van der Waals surface area contributed by atoms with Gasteiger partial charge in [0.1, 0.15) is 5.78 Å². The zero-order valence-electron chi connectivity index (χ0n) is 10.6. The lowest BCUT2D eigenvalue weighted by Gasteiger charge is -2.05. The first-order valence-electron chi connectivity index (χ1n) is 6.22. The van der Waals surface area contributed by atoms with Crippen molar-refractivity contribution in [1.82, 2.24) is 4.57 Å². The second kappa shape index (κ2) is 5.17. The number of hydrogen-bond acceptors (Lipinski definition) is 1. The van der Waals surface area contributed by atoms with Crippen molar-refractivity contribution in [1.29, 1.82) is 0 Å². The predicted molar refractivity (Wildman–Crippen MR) is 71.2 cm³/mol. The molecule has 0 bridgehead atoms. The molecular weight excluding hydrogens is 210 g/mol. The Bertz CT molecular complexity index is 525. The average Bonchev–Trinajstić information content (AvgIpc) is 2.66. The molecule has 0 unspecified atom stereocenters. The molecule has 2 heteroatoms. The molecule has 0 radical (unpaired) electrons. The smallest absolute Gasteiger partial charge is 0.129 e. The highest BCUT2D eigenvalue weighted by molar-refractivity contribution is 5.80. The van der Waals surface area contributed by atoms with E-state index in [1.54, 1.807) is 6.92 Å². The second-order valence-corrected chi connectivity index (χ2v) is 4.73. The van der Waals surface area contributed by atoms with E-state index in [-0.39, 0.29) is 5.78 Å². The number of fused-ring (bicyclic) bond motifs is 1. The van der Waals surface area contributed by atoms with E-state index in [1.165, 1.54) is 16.5 Å². The van der Waals surface area contributed by atoms with Gasteiger partial charge in [-0.25, -0.2) is 0 Å². The largest absolute Gasteiger partial charge is 0.347 e. The van der Waals surface area contributed by atoms with Crippen LogP contribution in [-0.4, -0.2) is 10.4 Å². The van der Waals surface area contributed by atoms with E-state index in [1.807, 2.05) is 0 Å². The Balaban J connectivity index is 2.01. The highest BCUT2D eigenvalue weighted by Gasteiger charge is 2.01. The van der Waals surface area contributed by atoms with Gasteiger partial charge in [-0.3, -0.25) is 0 Å². The van der Waals surface area contributed by atoms with Crippen LogP contribution in [-0.2, 0) is 11.3 Å². The molecule has 0 N–H and O–H groups in total. The summed E-state index contributed by atoms with van der Waals surface area (Å²) in [6, 6.07) is 8.69. The zero-order valence-corrected chi connectivity index (χ0v) is 10.6. The van der Waals surface area contributed by atoms with Crippen LogP contribution < -0.4 is 0 Å². The van der Waals surface area contributed by atoms with Crippen molar-refractivity contribution in [3.05, 3.63) is 36.0 Å². The molecule has 2 aromatic rings. The standard InChI is InChI=1S/C15H19NO/c1-12-6-7-15-14(11-12)8-10-16(15)9-4-3-5-13(2)17/h6-8,10-11H,3-5,9H2,1-2H3. The quantitative estimate of drug-likeness (QED) is 0.716. The maximum atomic E-state index is 10.8. The number of hydrogen-bond donors (Lipinski definition) is 0. The Labute approximate surface area is 102 Å². The van der Waals surface area contributed by atoms with Crippen molar-refractivity contribution in [3.63, 3.8) is 0 Å². The summed E-state index contributed by atoms with van der Waals surface area (Å²) in [5.41, 5.74) is 2.59. The molecule has 0 amide bonds. The van der Waals surface area contributed by atoms with Crippen molar-refractivity contribution < 1.29 is 4.79 Å². The molecule has 0 aliphatic carbocycles. The number of aromatic nitrogens is 1. The van der Waals surface area contributed by atoms with Gasteiger partial charge < -0.3 is 9.36 Å². The maximum Gasteiger partial charge on any atom is 0.129 e. The van der Waals surface area contributed by atoms with Gasteiger partial charge in [-0.15, -0.1) is 0 Å². The minimum Gasteiger partial charge on any atom is -0.347 e. The van der Waals surface area contributed by atoms with Crippen LogP contribution in [0.15, 0.2) is 30.5 Å². The van der Waals surface area contributed by atoms with Crippen molar-refractivity contribution in [2.24, 2.45) is 0 Å². The van der Waals surface area contributed by atoms with Crippen LogP contribution in [0.1, 0.15) is 31.7 Å². The molecule has 2 rings (SSSR count). The highest BCUT2D eigenvalue weighted by Crippen LogP contribution is 2.18. The van der Waals surface area contributed by atoms with Crippen LogP contribution in [0.2, 0.25) is 0 Å². The number of ketones is 1. The van der Waals surface area contributed by atoms with Gasteiger partial charge in [0.05, 0.1) is 0 Å². The van der Waals surface area contributed by atoms with Gasteiger partial charge in [0.15, 0.2) is 0 Å². The van der Waals surface area contributed by atoms with Crippen LogP contribution in [0.4, 0.5) is 0 Å². The third-order valence-electron chi connectivity index (χ3n) is 3.10. The van der Waals surface area contributed by atoms with Gasteiger partial charge in [-0.2, -0.15) is 0 Å². The Morgan fingerprint density at radius 3 is 2.82 bits per heavy atom. The highest BCUT2D eigenvalue weighted by atomic mass is 16.1. The molecule has 1 heterocycles. The van der Waals surface area contributed by atoms with E-state index in [2.05, 4.69) is 42.0 Å². The summed E-state index contributed by atoms with van der Waals surface area (Å²) < 4.78 is 2.27. The zero-order chi connectivity index (χ0) is 12.3. The van der Waals surface area contributed by atoms with E-state index in [4.69, 9.17) is 0 Å². The van der Waals surface area contributed by atoms with Crippen molar-refractivity contribution in [3.8, 4) is 0 Å². The molecule has 0 saturated heterocycles. The molecule has 2 nitrogen and oxygen atoms in total. The van der Waals surface area contributed by atoms with Crippen LogP contribution in [0.25, 0.3) is 10.9 Å². The number of rotatable bonds is 5. The molecule has 0 spiro atoms. The van der Waals surface area contributed by atoms with Crippen molar-refractivity contribution in [2.75, 3.05) is 0 Å². The topological polar surface area (TPSA) is 22.0 Å². The number of carbonyl (C=O) groups excluding carboxylic acids is 1. The van der Waals surface area contributed by atoms with E-state index in [0.29, 0.717) is 6.42 Å². The summed E-state index contributed by atoms with van der Waals surface area (Å²) in [5, 5.41) is 1.30. The molecule has 0 aliphatic heterocycles. The Morgan fingerprint density at radius 2 is 2.06 bits per heavy atom. The number of Topliss-reactive ketones (excluding diaryl/α,β-unsaturated/α-hetero) is 1. The molecule has 0 aliphatic rings. The van der Waals surface area contributed by atoms with Gasteiger partial charge in [0, 0.05) is 24.7 Å². The first kappa shape index (κ1) is 11.9. The van der Waals surface area contributed by atoms with Crippen molar-refractivity contribution >= 4 is 16.7 Å². The fraction of sp³-hybridized carbons (Fsp3) is 0.400. The molecule has 17 heavy (non-hydrogen) atoms. The lowest BCUT2D eigenvalue weighted by atomic mass is 10.2. The summed E-state index contributed by atoms with van der Waals surface area (Å²) in [6.07, 6.45) is 4.90. The van der Waals surface area contributed by atoms with Crippen LogP contribution in [0.3, 0.4) is 0 Å². The van der Waals surface area contributed by atoms with Crippen LogP contribution in [0.5, 0.6) is 0 Å². The molecule has 0 fully saturated rings. The van der Waals surface area contributed by atoms with E-state index in [9.17, 15) is 4.79 Å². The van der Waals surface area contributed by atoms with Gasteiger partial charge in [-0.05, 0) is 50.3 Å². The molecule has 1 aromatic carbocycles. The van der Waals surface area contributed by atoms with Crippen LogP contribution in [0, 0.1) is 6.92 Å². The minimum absolute atomic E-state index is 0.290. The monoisotopic (exact) mass is 229 g/mol. The Hall–Kier alpha value is -1.57. The third-order valence-corrected chi connectivity index (χ3v) is 3.10. The summed E-state index contributed by atoms with van der Waals surface area (Å²) in [6.45, 7) is 4.78. The van der Waals surface area contributed by atoms with E-state index >= 15 is 0 Å². The first-order valence-corrected chi connectivity index (χ1v) is 6.22. The third kappa shape index (κ3) is 2.96. The summed E-state index contributed by atoms with van der Waals surface area (Å²) in [4.78, 5) is 10.8. The normalized spacial score (nSPS) is 10.9. The van der Waals surface area contributed by atoms with Gasteiger partial charge in [-0.1, -0.05) is 11.6 Å². The first-order chi connectivity index (χ1) is 8.16. The summed E-state index contributed by atoms with van der Waals surface area (Å²) in [5.74, 6) is 0.290. The average molecular weight is 229 g/mol. The Morgan fingerprint density at radius 1 is 1.24 bits per heavy atom. The van der Waals surface area contributed by atoms with Crippen LogP contribution >= 0.6 is 0 Å². The second-order valence-electron chi connectivity index (χ2n) is 4.73. The number of benzene rings is 1. The van der Waals surface area contributed by atoms with Crippen molar-refractivity contribution in [2.45, 2.75) is 39.7 Å². The van der Waals surface area contributed by atoms with Gasteiger partial charge in [0.2, 0.25) is 0 Å². The maximum absolute atomic E-state index is 10.8. The molecule has 0 saturated carbocycles. The SMILES string of the molecule is CC(=O)CCCCn1ccc2cc(C)ccc21. The van der Waals surface area contributed by atoms with Gasteiger partial charge >= 0.3 is 0 Å². The number of carbonyl (C=O) groups is 1. The number of unbranched alkanes of at least 4 members (excludes halogenated alkanes) is 1. The fourth-order valence-electron chi connectivity index (χ4n) is 2.17. The lowest BCUT2D eigenvalue weighted by Crippen LogP contribution is -1.97. The van der Waals surface area contributed by atoms with Gasteiger partial charge in [0.25, 0.3) is 0 Å². The van der Waals surface area contributed by atoms with E-state index in [0.717, 1.165) is 19.4 Å².